The predicted octanol–water partition coefficient (Wildman–Crippen LogP) is 2.55. The van der Waals surface area contributed by atoms with E-state index in [4.69, 9.17) is 9.47 Å². The predicted molar refractivity (Wildman–Crippen MR) is 105 cm³/mol. The van der Waals surface area contributed by atoms with Gasteiger partial charge in [-0.25, -0.2) is 0 Å². The summed E-state index contributed by atoms with van der Waals surface area (Å²) >= 11 is 0. The van der Waals surface area contributed by atoms with E-state index in [9.17, 15) is 9.59 Å². The Balaban J connectivity index is 2.41. The van der Waals surface area contributed by atoms with Crippen molar-refractivity contribution in [3.63, 3.8) is 0 Å². The first-order valence-corrected chi connectivity index (χ1v) is 9.54. The average molecular weight is 374 g/mol. The van der Waals surface area contributed by atoms with Crippen molar-refractivity contribution in [1.82, 2.24) is 9.80 Å². The molecule has 2 amide bonds. The fourth-order valence-electron chi connectivity index (χ4n) is 3.18. The molecule has 1 aliphatic heterocycles. The molecule has 6 nitrogen and oxygen atoms in total. The number of amides is 2. The Bertz CT molecular complexity index is 649. The van der Waals surface area contributed by atoms with Crippen LogP contribution in [0, 0.1) is 0 Å². The Hall–Kier alpha value is -2.18. The third kappa shape index (κ3) is 5.17. The number of unbranched alkanes of at least 4 members (excludes halogenated alkanes) is 2. The number of rotatable bonds is 12. The Morgan fingerprint density at radius 2 is 1.56 bits per heavy atom. The fourth-order valence-corrected chi connectivity index (χ4v) is 3.18. The molecule has 0 unspecified atom stereocenters. The van der Waals surface area contributed by atoms with Gasteiger partial charge in [0, 0.05) is 33.9 Å². The van der Waals surface area contributed by atoms with E-state index in [1.807, 2.05) is 35.2 Å². The zero-order valence-corrected chi connectivity index (χ0v) is 16.6. The van der Waals surface area contributed by atoms with Gasteiger partial charge in [-0.1, -0.05) is 50.1 Å². The third-order valence-electron chi connectivity index (χ3n) is 4.64. The molecule has 0 spiro atoms. The first-order valence-electron chi connectivity index (χ1n) is 9.54. The Morgan fingerprint density at radius 3 is 2.11 bits per heavy atom. The van der Waals surface area contributed by atoms with Crippen LogP contribution in [0.1, 0.15) is 31.7 Å². The van der Waals surface area contributed by atoms with E-state index >= 15 is 0 Å². The maximum absolute atomic E-state index is 13.2. The molecule has 0 saturated heterocycles. The van der Waals surface area contributed by atoms with Crippen LogP contribution < -0.4 is 0 Å². The van der Waals surface area contributed by atoms with Crippen molar-refractivity contribution in [1.29, 1.82) is 0 Å². The minimum Gasteiger partial charge on any atom is -0.383 e. The van der Waals surface area contributed by atoms with E-state index in [-0.39, 0.29) is 11.8 Å². The van der Waals surface area contributed by atoms with Crippen LogP contribution in [-0.4, -0.2) is 68.7 Å². The smallest absolute Gasteiger partial charge is 0.277 e. The summed E-state index contributed by atoms with van der Waals surface area (Å²) in [5.74, 6) is -0.431. The van der Waals surface area contributed by atoms with Crippen molar-refractivity contribution in [3.8, 4) is 0 Å². The van der Waals surface area contributed by atoms with Gasteiger partial charge in [-0.05, 0) is 12.0 Å². The lowest BCUT2D eigenvalue weighted by atomic mass is 10.0. The summed E-state index contributed by atoms with van der Waals surface area (Å²) in [6, 6.07) is 9.41. The van der Waals surface area contributed by atoms with E-state index < -0.39 is 0 Å². The fraction of sp³-hybridized carbons (Fsp3) is 0.524. The highest BCUT2D eigenvalue weighted by atomic mass is 16.5. The Kier molecular flexibility index (Phi) is 8.48. The zero-order chi connectivity index (χ0) is 19.6. The minimum atomic E-state index is -0.220. The van der Waals surface area contributed by atoms with Crippen molar-refractivity contribution in [2.45, 2.75) is 26.2 Å². The molecule has 27 heavy (non-hydrogen) atoms. The van der Waals surface area contributed by atoms with Gasteiger partial charge >= 0.3 is 0 Å². The van der Waals surface area contributed by atoms with E-state index in [1.54, 1.807) is 14.2 Å². The topological polar surface area (TPSA) is 59.1 Å². The van der Waals surface area contributed by atoms with Crippen molar-refractivity contribution < 1.29 is 19.1 Å². The van der Waals surface area contributed by atoms with Gasteiger partial charge in [0.1, 0.15) is 5.70 Å². The molecule has 0 radical (unpaired) electrons. The summed E-state index contributed by atoms with van der Waals surface area (Å²) in [4.78, 5) is 29.6. The van der Waals surface area contributed by atoms with Crippen LogP contribution in [0.3, 0.4) is 0 Å². The van der Waals surface area contributed by atoms with Gasteiger partial charge in [0.2, 0.25) is 0 Å². The molecule has 1 aliphatic rings. The van der Waals surface area contributed by atoms with Gasteiger partial charge in [-0.15, -0.1) is 0 Å². The second-order valence-corrected chi connectivity index (χ2v) is 6.53. The van der Waals surface area contributed by atoms with Crippen molar-refractivity contribution in [3.05, 3.63) is 41.6 Å². The van der Waals surface area contributed by atoms with Gasteiger partial charge in [0.25, 0.3) is 11.8 Å². The zero-order valence-electron chi connectivity index (χ0n) is 16.6. The standard InChI is InChI=1S/C21H30N2O4/c1-4-5-9-12-23-20(24)18(17-10-7-6-8-11-17)19(21(23)25)22(13-15-26-2)14-16-27-3/h6-8,10-11H,4-5,9,12-16H2,1-3H3. The molecular formula is C21H30N2O4. The number of carbonyl (C=O) groups is 2. The maximum Gasteiger partial charge on any atom is 0.277 e. The lowest BCUT2D eigenvalue weighted by Crippen LogP contribution is -2.38. The number of ether oxygens (including phenoxy) is 2. The second kappa shape index (κ2) is 10.8. The molecular weight excluding hydrogens is 344 g/mol. The van der Waals surface area contributed by atoms with Crippen LogP contribution in [0.2, 0.25) is 0 Å². The first kappa shape index (κ1) is 21.1. The molecule has 0 aromatic heterocycles. The molecule has 0 bridgehead atoms. The lowest BCUT2D eigenvalue weighted by Gasteiger charge is -2.25. The quantitative estimate of drug-likeness (QED) is 0.416. The van der Waals surface area contributed by atoms with Gasteiger partial charge in [-0.2, -0.15) is 0 Å². The SMILES string of the molecule is CCCCCN1C(=O)C(c2ccccc2)=C(N(CCOC)CCOC)C1=O. The molecule has 1 aromatic carbocycles. The number of methoxy groups -OCH3 is 2. The summed E-state index contributed by atoms with van der Waals surface area (Å²) in [7, 11) is 3.25. The number of hydrogen-bond acceptors (Lipinski definition) is 5. The molecule has 0 N–H and O–H groups in total. The molecule has 1 aromatic rings. The molecule has 148 valence electrons. The monoisotopic (exact) mass is 374 g/mol. The van der Waals surface area contributed by atoms with E-state index in [0.29, 0.717) is 44.1 Å². The molecule has 2 rings (SSSR count). The minimum absolute atomic E-state index is 0.211. The van der Waals surface area contributed by atoms with Gasteiger partial charge in [0.05, 0.1) is 18.8 Å². The average Bonchev–Trinajstić information content (AvgIpc) is 2.93. The summed E-state index contributed by atoms with van der Waals surface area (Å²) in [5.41, 5.74) is 1.70. The first-order chi connectivity index (χ1) is 13.2. The highest BCUT2D eigenvalue weighted by molar-refractivity contribution is 6.35. The number of carbonyl (C=O) groups excluding carboxylic acids is 2. The largest absolute Gasteiger partial charge is 0.383 e. The highest BCUT2D eigenvalue weighted by Gasteiger charge is 2.40. The molecule has 0 fully saturated rings. The molecule has 0 aliphatic carbocycles. The molecule has 0 saturated carbocycles. The van der Waals surface area contributed by atoms with Crippen LogP contribution >= 0.6 is 0 Å². The van der Waals surface area contributed by atoms with Gasteiger partial charge in [0.15, 0.2) is 0 Å². The number of benzene rings is 1. The normalized spacial score (nSPS) is 14.4. The Morgan fingerprint density at radius 1 is 0.926 bits per heavy atom. The van der Waals surface area contributed by atoms with Crippen LogP contribution in [0.5, 0.6) is 0 Å². The second-order valence-electron chi connectivity index (χ2n) is 6.53. The summed E-state index contributed by atoms with van der Waals surface area (Å²) in [6.45, 7) is 4.53. The van der Waals surface area contributed by atoms with Crippen molar-refractivity contribution in [2.75, 3.05) is 47.1 Å². The van der Waals surface area contributed by atoms with Crippen molar-refractivity contribution in [2.24, 2.45) is 0 Å². The van der Waals surface area contributed by atoms with Crippen LogP contribution in [0.4, 0.5) is 0 Å². The van der Waals surface area contributed by atoms with Crippen LogP contribution in [0.15, 0.2) is 36.0 Å². The number of imide groups is 1. The van der Waals surface area contributed by atoms with Gasteiger partial charge < -0.3 is 14.4 Å². The molecule has 6 heteroatoms. The molecule has 0 atom stereocenters. The van der Waals surface area contributed by atoms with E-state index in [0.717, 1.165) is 24.8 Å². The third-order valence-corrected chi connectivity index (χ3v) is 4.64. The van der Waals surface area contributed by atoms with Crippen LogP contribution in [-0.2, 0) is 19.1 Å². The van der Waals surface area contributed by atoms with E-state index in [2.05, 4.69) is 6.92 Å². The van der Waals surface area contributed by atoms with Crippen LogP contribution in [0.25, 0.3) is 5.57 Å². The lowest BCUT2D eigenvalue weighted by molar-refractivity contribution is -0.137. The number of nitrogens with zero attached hydrogens (tertiary/aromatic N) is 2. The summed E-state index contributed by atoms with van der Waals surface area (Å²) in [5, 5.41) is 0. The Labute approximate surface area is 161 Å². The molecule has 1 heterocycles. The van der Waals surface area contributed by atoms with Gasteiger partial charge in [-0.3, -0.25) is 14.5 Å². The van der Waals surface area contributed by atoms with Crippen molar-refractivity contribution >= 4 is 17.4 Å². The maximum atomic E-state index is 13.2. The number of hydrogen-bond donors (Lipinski definition) is 0. The highest BCUT2D eigenvalue weighted by Crippen LogP contribution is 2.31. The summed E-state index contributed by atoms with van der Waals surface area (Å²) in [6.07, 6.45) is 2.85. The summed E-state index contributed by atoms with van der Waals surface area (Å²) < 4.78 is 10.4. The van der Waals surface area contributed by atoms with E-state index in [1.165, 1.54) is 4.90 Å².